The lowest BCUT2D eigenvalue weighted by atomic mass is 9.79. The van der Waals surface area contributed by atoms with Crippen LogP contribution >= 0.6 is 0 Å². The summed E-state index contributed by atoms with van der Waals surface area (Å²) in [5, 5.41) is 1.44. The summed E-state index contributed by atoms with van der Waals surface area (Å²) in [4.78, 5) is 12.3. The Morgan fingerprint density at radius 3 is 2.27 bits per heavy atom. The Balaban J connectivity index is 2.13. The minimum Gasteiger partial charge on any atom is -0.442 e. The number of rotatable bonds is 4. The molecule has 26 heavy (non-hydrogen) atoms. The lowest BCUT2D eigenvalue weighted by Crippen LogP contribution is -2.41. The number of carbonyl (C=O) groups excluding carboxylic acids is 1. The molecule has 1 amide bonds. The molecule has 0 bridgehead atoms. The highest BCUT2D eigenvalue weighted by Crippen LogP contribution is 2.36. The van der Waals surface area contributed by atoms with Gasteiger partial charge in [0, 0.05) is 6.54 Å². The molecule has 0 saturated carbocycles. The third-order valence-electron chi connectivity index (χ3n) is 4.61. The highest BCUT2D eigenvalue weighted by Gasteiger charge is 2.51. The zero-order chi connectivity index (χ0) is 19.8. The lowest BCUT2D eigenvalue weighted by Gasteiger charge is -2.32. The molecule has 0 aliphatic carbocycles. The van der Waals surface area contributed by atoms with E-state index in [1.807, 2.05) is 79.7 Å². The van der Waals surface area contributed by atoms with Gasteiger partial charge in [-0.25, -0.2) is 9.80 Å². The molecule has 0 spiro atoms. The van der Waals surface area contributed by atoms with Crippen molar-refractivity contribution in [1.29, 1.82) is 0 Å². The monoisotopic (exact) mass is 362 g/mol. The van der Waals surface area contributed by atoms with E-state index < -0.39 is 30.0 Å². The molecule has 7 heteroatoms. The number of hydrogen-bond acceptors (Lipinski definition) is 5. The van der Waals surface area contributed by atoms with Gasteiger partial charge in [-0.1, -0.05) is 12.1 Å². The van der Waals surface area contributed by atoms with Gasteiger partial charge in [0.2, 0.25) is 0 Å². The quantitative estimate of drug-likeness (QED) is 0.656. The SMILES string of the molecule is CCN(Nc1cccc(B2OC(C)(C)C(C)(C)O2)c1)C(=O)OC(C)(C)C. The summed E-state index contributed by atoms with van der Waals surface area (Å²) >= 11 is 0. The third-order valence-corrected chi connectivity index (χ3v) is 4.61. The summed E-state index contributed by atoms with van der Waals surface area (Å²) in [5.74, 6) is 0. The van der Waals surface area contributed by atoms with Crippen LogP contribution in [0.2, 0.25) is 0 Å². The maximum Gasteiger partial charge on any atom is 0.494 e. The van der Waals surface area contributed by atoms with Crippen molar-refractivity contribution in [2.75, 3.05) is 12.0 Å². The predicted molar refractivity (Wildman–Crippen MR) is 104 cm³/mol. The van der Waals surface area contributed by atoms with Crippen molar-refractivity contribution in [3.63, 3.8) is 0 Å². The number of hydrogen-bond donors (Lipinski definition) is 1. The summed E-state index contributed by atoms with van der Waals surface area (Å²) in [6.07, 6.45) is -0.416. The second kappa shape index (κ2) is 7.12. The van der Waals surface area contributed by atoms with E-state index in [4.69, 9.17) is 14.0 Å². The van der Waals surface area contributed by atoms with Crippen molar-refractivity contribution in [1.82, 2.24) is 5.01 Å². The van der Waals surface area contributed by atoms with Gasteiger partial charge in [0.25, 0.3) is 0 Å². The maximum absolute atomic E-state index is 12.3. The van der Waals surface area contributed by atoms with E-state index in [0.29, 0.717) is 6.54 Å². The van der Waals surface area contributed by atoms with Crippen molar-refractivity contribution in [3.05, 3.63) is 24.3 Å². The van der Waals surface area contributed by atoms with Crippen LogP contribution in [-0.4, -0.2) is 41.6 Å². The number of nitrogens with one attached hydrogen (secondary N) is 1. The van der Waals surface area contributed by atoms with E-state index in [2.05, 4.69) is 5.43 Å². The van der Waals surface area contributed by atoms with E-state index in [-0.39, 0.29) is 0 Å². The fraction of sp³-hybridized carbons (Fsp3) is 0.632. The van der Waals surface area contributed by atoms with Crippen LogP contribution in [0.15, 0.2) is 24.3 Å². The van der Waals surface area contributed by atoms with Gasteiger partial charge in [-0.2, -0.15) is 0 Å². The Hall–Kier alpha value is -1.73. The van der Waals surface area contributed by atoms with Gasteiger partial charge in [0.1, 0.15) is 5.60 Å². The molecular formula is C19H31BN2O4. The van der Waals surface area contributed by atoms with Gasteiger partial charge in [-0.05, 0) is 73.0 Å². The third kappa shape index (κ3) is 4.71. The van der Waals surface area contributed by atoms with Crippen molar-refractivity contribution in [2.45, 2.75) is 72.2 Å². The van der Waals surface area contributed by atoms with Crippen LogP contribution in [0.5, 0.6) is 0 Å². The summed E-state index contributed by atoms with van der Waals surface area (Å²) in [5.41, 5.74) is 3.43. The van der Waals surface area contributed by atoms with Crippen LogP contribution in [0.1, 0.15) is 55.4 Å². The van der Waals surface area contributed by atoms with E-state index in [1.165, 1.54) is 5.01 Å². The smallest absolute Gasteiger partial charge is 0.442 e. The number of benzene rings is 1. The summed E-state index contributed by atoms with van der Waals surface area (Å²) in [6.45, 7) is 16.0. The van der Waals surface area contributed by atoms with Crippen molar-refractivity contribution < 1.29 is 18.8 Å². The molecule has 1 aliphatic rings. The summed E-state index contributed by atoms with van der Waals surface area (Å²) in [6, 6.07) is 7.68. The Kier molecular flexibility index (Phi) is 5.64. The first-order valence-electron chi connectivity index (χ1n) is 9.07. The van der Waals surface area contributed by atoms with Crippen molar-refractivity contribution in [2.24, 2.45) is 0 Å². The molecule has 2 rings (SSSR count). The van der Waals surface area contributed by atoms with Gasteiger partial charge in [-0.15, -0.1) is 0 Å². The minimum absolute atomic E-state index is 0.396. The molecule has 1 N–H and O–H groups in total. The summed E-state index contributed by atoms with van der Waals surface area (Å²) in [7, 11) is -0.446. The molecule has 1 fully saturated rings. The highest BCUT2D eigenvalue weighted by atomic mass is 16.7. The molecule has 1 aliphatic heterocycles. The molecule has 1 saturated heterocycles. The topological polar surface area (TPSA) is 60.0 Å². The number of amides is 1. The largest absolute Gasteiger partial charge is 0.494 e. The fourth-order valence-corrected chi connectivity index (χ4v) is 2.46. The van der Waals surface area contributed by atoms with Crippen LogP contribution in [0, 0.1) is 0 Å². The number of carbonyl (C=O) groups is 1. The zero-order valence-electron chi connectivity index (χ0n) is 17.2. The number of ether oxygens (including phenoxy) is 1. The van der Waals surface area contributed by atoms with Crippen molar-refractivity contribution in [3.8, 4) is 0 Å². The zero-order valence-corrected chi connectivity index (χ0v) is 17.2. The van der Waals surface area contributed by atoms with Gasteiger partial charge in [-0.3, -0.25) is 5.43 Å². The number of nitrogens with zero attached hydrogens (tertiary/aromatic N) is 1. The van der Waals surface area contributed by atoms with Crippen LogP contribution in [0.4, 0.5) is 10.5 Å². The maximum atomic E-state index is 12.3. The van der Waals surface area contributed by atoms with E-state index in [0.717, 1.165) is 11.2 Å². The van der Waals surface area contributed by atoms with Crippen molar-refractivity contribution >= 4 is 24.4 Å². The van der Waals surface area contributed by atoms with Crippen LogP contribution < -0.4 is 10.9 Å². The van der Waals surface area contributed by atoms with Gasteiger partial charge in [0.15, 0.2) is 0 Å². The summed E-state index contributed by atoms with van der Waals surface area (Å²) < 4.78 is 17.6. The fourth-order valence-electron chi connectivity index (χ4n) is 2.46. The first kappa shape index (κ1) is 20.6. The Bertz CT molecular complexity index is 639. The molecule has 0 atom stereocenters. The first-order chi connectivity index (χ1) is 11.8. The van der Waals surface area contributed by atoms with Gasteiger partial charge < -0.3 is 14.0 Å². The predicted octanol–water partition coefficient (Wildman–Crippen LogP) is 3.57. The van der Waals surface area contributed by atoms with Crippen LogP contribution in [0.25, 0.3) is 0 Å². The van der Waals surface area contributed by atoms with Gasteiger partial charge in [0.05, 0.1) is 16.9 Å². The molecule has 1 aromatic rings. The molecule has 0 unspecified atom stereocenters. The average Bonchev–Trinajstić information content (AvgIpc) is 2.71. The number of anilines is 1. The minimum atomic E-state index is -0.545. The average molecular weight is 362 g/mol. The Morgan fingerprint density at radius 1 is 1.19 bits per heavy atom. The molecule has 1 heterocycles. The van der Waals surface area contributed by atoms with E-state index in [9.17, 15) is 4.79 Å². The molecule has 0 radical (unpaired) electrons. The second-order valence-corrected chi connectivity index (χ2v) is 8.55. The molecular weight excluding hydrogens is 331 g/mol. The normalized spacial score (nSPS) is 18.5. The van der Waals surface area contributed by atoms with E-state index in [1.54, 1.807) is 0 Å². The molecule has 1 aromatic carbocycles. The Labute approximate surface area is 157 Å². The highest BCUT2D eigenvalue weighted by molar-refractivity contribution is 6.62. The molecule has 0 aromatic heterocycles. The molecule has 144 valence electrons. The van der Waals surface area contributed by atoms with Crippen LogP contribution in [-0.2, 0) is 14.0 Å². The molecule has 6 nitrogen and oxygen atoms in total. The standard InChI is InChI=1S/C19H31BN2O4/c1-9-22(16(23)24-17(2,3)4)21-15-12-10-11-14(13-15)20-25-18(5,6)19(7,8)26-20/h10-13,21H,9H2,1-8H3. The van der Waals surface area contributed by atoms with Crippen LogP contribution in [0.3, 0.4) is 0 Å². The Morgan fingerprint density at radius 2 is 1.77 bits per heavy atom. The second-order valence-electron chi connectivity index (χ2n) is 8.55. The number of hydrazine groups is 1. The first-order valence-corrected chi connectivity index (χ1v) is 9.07. The van der Waals surface area contributed by atoms with E-state index >= 15 is 0 Å². The van der Waals surface area contributed by atoms with Gasteiger partial charge >= 0.3 is 13.2 Å². The lowest BCUT2D eigenvalue weighted by molar-refractivity contribution is 0.00578.